The summed E-state index contributed by atoms with van der Waals surface area (Å²) < 4.78 is 34.6. The molecule has 1 aliphatic rings. The molecule has 11 heteroatoms. The SMILES string of the molecule is CNc1ccc(S(=O)(=O)N(C)CC(=O)c2cc(C)n(CC3CCCO3)c2C)cc1[N+](=O)[O-]. The smallest absolute Gasteiger partial charge is 0.293 e. The second-order valence-electron chi connectivity index (χ2n) is 7.90. The van der Waals surface area contributed by atoms with Gasteiger partial charge in [-0.3, -0.25) is 14.9 Å². The van der Waals surface area contributed by atoms with Gasteiger partial charge in [-0.15, -0.1) is 0 Å². The van der Waals surface area contributed by atoms with Crippen molar-refractivity contribution in [1.82, 2.24) is 8.87 Å². The number of aryl methyl sites for hydroxylation is 1. The molecule has 174 valence electrons. The first-order valence-electron chi connectivity index (χ1n) is 10.3. The Morgan fingerprint density at radius 1 is 1.34 bits per heavy atom. The Balaban J connectivity index is 1.81. The van der Waals surface area contributed by atoms with Crippen LogP contribution in [0.2, 0.25) is 0 Å². The van der Waals surface area contributed by atoms with Crippen LogP contribution in [0.25, 0.3) is 0 Å². The number of carbonyl (C=O) groups excluding carboxylic acids is 1. The van der Waals surface area contributed by atoms with Gasteiger partial charge >= 0.3 is 0 Å². The summed E-state index contributed by atoms with van der Waals surface area (Å²) >= 11 is 0. The molecule has 1 saturated heterocycles. The van der Waals surface area contributed by atoms with E-state index in [9.17, 15) is 23.3 Å². The van der Waals surface area contributed by atoms with E-state index in [0.717, 1.165) is 41.2 Å². The molecule has 2 heterocycles. The molecular weight excluding hydrogens is 436 g/mol. The average Bonchev–Trinajstić information content (AvgIpc) is 3.36. The summed E-state index contributed by atoms with van der Waals surface area (Å²) in [5.74, 6) is -0.343. The van der Waals surface area contributed by atoms with E-state index in [1.165, 1.54) is 26.2 Å². The first-order chi connectivity index (χ1) is 15.1. The summed E-state index contributed by atoms with van der Waals surface area (Å²) in [4.78, 5) is 23.3. The number of nitrogens with zero attached hydrogens (tertiary/aromatic N) is 3. The molecule has 0 saturated carbocycles. The molecule has 0 bridgehead atoms. The first kappa shape index (κ1) is 23.9. The minimum Gasteiger partial charge on any atom is -0.383 e. The number of likely N-dealkylation sites (N-methyl/N-ethyl adjacent to an activating group) is 1. The molecule has 0 aliphatic carbocycles. The third kappa shape index (κ3) is 4.69. The van der Waals surface area contributed by atoms with Gasteiger partial charge in [0.05, 0.1) is 22.5 Å². The third-order valence-electron chi connectivity index (χ3n) is 5.79. The van der Waals surface area contributed by atoms with Crippen molar-refractivity contribution in [2.45, 2.75) is 44.2 Å². The van der Waals surface area contributed by atoms with Gasteiger partial charge in [-0.1, -0.05) is 0 Å². The lowest BCUT2D eigenvalue weighted by Crippen LogP contribution is -2.32. The molecule has 2 aromatic rings. The Morgan fingerprint density at radius 2 is 2.06 bits per heavy atom. The van der Waals surface area contributed by atoms with E-state index in [0.29, 0.717) is 12.1 Å². The highest BCUT2D eigenvalue weighted by Crippen LogP contribution is 2.28. The Bertz CT molecular complexity index is 1140. The van der Waals surface area contributed by atoms with Gasteiger partial charge in [0, 0.05) is 50.3 Å². The summed E-state index contributed by atoms with van der Waals surface area (Å²) in [5.41, 5.74) is 1.98. The number of anilines is 1. The third-order valence-corrected chi connectivity index (χ3v) is 7.59. The summed E-state index contributed by atoms with van der Waals surface area (Å²) in [6.45, 7) is 4.76. The van der Waals surface area contributed by atoms with Gasteiger partial charge in [0.1, 0.15) is 5.69 Å². The zero-order valence-electron chi connectivity index (χ0n) is 18.6. The number of hydrogen-bond acceptors (Lipinski definition) is 7. The van der Waals surface area contributed by atoms with E-state index in [4.69, 9.17) is 4.74 Å². The van der Waals surface area contributed by atoms with Crippen molar-refractivity contribution in [1.29, 1.82) is 0 Å². The maximum absolute atomic E-state index is 13.0. The summed E-state index contributed by atoms with van der Waals surface area (Å²) in [7, 11) is -1.31. The molecule has 1 unspecified atom stereocenters. The first-order valence-corrected chi connectivity index (χ1v) is 11.7. The van der Waals surface area contributed by atoms with Gasteiger partial charge in [-0.25, -0.2) is 8.42 Å². The lowest BCUT2D eigenvalue weighted by molar-refractivity contribution is -0.384. The number of hydrogen-bond donors (Lipinski definition) is 1. The van der Waals surface area contributed by atoms with Crippen LogP contribution in [0, 0.1) is 24.0 Å². The maximum atomic E-state index is 13.0. The Labute approximate surface area is 187 Å². The molecule has 0 amide bonds. The fraction of sp³-hybridized carbons (Fsp3) is 0.476. The zero-order chi connectivity index (χ0) is 23.6. The second-order valence-corrected chi connectivity index (χ2v) is 9.95. The fourth-order valence-electron chi connectivity index (χ4n) is 3.94. The van der Waals surface area contributed by atoms with Crippen LogP contribution in [0.3, 0.4) is 0 Å². The highest BCUT2D eigenvalue weighted by atomic mass is 32.2. The molecule has 1 aromatic carbocycles. The van der Waals surface area contributed by atoms with Crippen LogP contribution in [0.15, 0.2) is 29.2 Å². The summed E-state index contributed by atoms with van der Waals surface area (Å²) in [6.07, 6.45) is 2.10. The van der Waals surface area contributed by atoms with Crippen LogP contribution in [0.1, 0.15) is 34.6 Å². The van der Waals surface area contributed by atoms with Gasteiger partial charge < -0.3 is 14.6 Å². The Hall–Kier alpha value is -2.76. The summed E-state index contributed by atoms with van der Waals surface area (Å²) in [6, 6.07) is 5.37. The highest BCUT2D eigenvalue weighted by molar-refractivity contribution is 7.89. The van der Waals surface area contributed by atoms with Gasteiger partial charge in [0.25, 0.3) is 5.69 Å². The normalized spacial score (nSPS) is 16.5. The van der Waals surface area contributed by atoms with Gasteiger partial charge in [-0.05, 0) is 44.9 Å². The van der Waals surface area contributed by atoms with Crippen molar-refractivity contribution < 1.29 is 22.9 Å². The summed E-state index contributed by atoms with van der Waals surface area (Å²) in [5, 5.41) is 13.9. The number of Topliss-reactive ketones (excluding diaryl/α,β-unsaturated/α-hetero) is 1. The molecule has 32 heavy (non-hydrogen) atoms. The van der Waals surface area contributed by atoms with Crippen molar-refractivity contribution >= 4 is 27.2 Å². The van der Waals surface area contributed by atoms with Gasteiger partial charge in [0.2, 0.25) is 10.0 Å². The predicted octanol–water partition coefficient (Wildman–Crippen LogP) is 2.74. The van der Waals surface area contributed by atoms with E-state index >= 15 is 0 Å². The van der Waals surface area contributed by atoms with Crippen LogP contribution >= 0.6 is 0 Å². The number of sulfonamides is 1. The van der Waals surface area contributed by atoms with Crippen molar-refractivity contribution in [2.75, 3.05) is 32.6 Å². The van der Waals surface area contributed by atoms with Gasteiger partial charge in [0.15, 0.2) is 5.78 Å². The highest BCUT2D eigenvalue weighted by Gasteiger charge is 2.28. The topological polar surface area (TPSA) is 124 Å². The van der Waals surface area contributed by atoms with Crippen molar-refractivity contribution in [3.8, 4) is 0 Å². The predicted molar refractivity (Wildman–Crippen MR) is 120 cm³/mol. The van der Waals surface area contributed by atoms with Crippen molar-refractivity contribution in [2.24, 2.45) is 0 Å². The molecule has 0 radical (unpaired) electrons. The van der Waals surface area contributed by atoms with Gasteiger partial charge in [-0.2, -0.15) is 4.31 Å². The standard InChI is InChI=1S/C21H28N4O6S/c1-14-10-18(15(2)24(14)12-16-6-5-9-31-16)21(26)13-23(4)32(29,30)17-7-8-19(22-3)20(11-17)25(27)28/h7-8,10-11,16,22H,5-6,9,12-13H2,1-4H3. The molecule has 1 atom stereocenters. The number of ether oxygens (including phenoxy) is 1. The lowest BCUT2D eigenvalue weighted by atomic mass is 10.1. The molecule has 0 spiro atoms. The Morgan fingerprint density at radius 3 is 2.66 bits per heavy atom. The maximum Gasteiger partial charge on any atom is 0.293 e. The van der Waals surface area contributed by atoms with E-state index in [-0.39, 0.29) is 34.7 Å². The minimum absolute atomic E-state index is 0.113. The molecule has 1 N–H and O–H groups in total. The Kier molecular flexibility index (Phi) is 7.01. The molecule has 3 rings (SSSR count). The number of nitro benzene ring substituents is 1. The number of rotatable bonds is 9. The monoisotopic (exact) mass is 464 g/mol. The number of aromatic nitrogens is 1. The number of nitrogens with one attached hydrogen (secondary N) is 1. The van der Waals surface area contributed by atoms with Crippen LogP contribution in [0.5, 0.6) is 0 Å². The second kappa shape index (κ2) is 9.39. The van der Waals surface area contributed by atoms with Crippen LogP contribution in [0.4, 0.5) is 11.4 Å². The van der Waals surface area contributed by atoms with Crippen LogP contribution < -0.4 is 5.32 Å². The number of carbonyl (C=O) groups is 1. The molecular formula is C21H28N4O6S. The largest absolute Gasteiger partial charge is 0.383 e. The fourth-order valence-corrected chi connectivity index (χ4v) is 5.09. The zero-order valence-corrected chi connectivity index (χ0v) is 19.4. The van der Waals surface area contributed by atoms with E-state index in [2.05, 4.69) is 5.32 Å². The quantitative estimate of drug-likeness (QED) is 0.344. The van der Waals surface area contributed by atoms with Crippen molar-refractivity contribution in [3.63, 3.8) is 0 Å². The van der Waals surface area contributed by atoms with Crippen LogP contribution in [-0.2, 0) is 21.3 Å². The minimum atomic E-state index is -4.10. The number of ketones is 1. The lowest BCUT2D eigenvalue weighted by Gasteiger charge is -2.17. The molecule has 1 aliphatic heterocycles. The van der Waals surface area contributed by atoms with Crippen LogP contribution in [-0.4, -0.2) is 61.3 Å². The van der Waals surface area contributed by atoms with Crippen molar-refractivity contribution in [3.05, 3.63) is 51.3 Å². The number of nitro groups is 1. The average molecular weight is 465 g/mol. The molecule has 1 aromatic heterocycles. The number of benzene rings is 1. The van der Waals surface area contributed by atoms with E-state index in [1.54, 1.807) is 6.07 Å². The molecule has 10 nitrogen and oxygen atoms in total. The van der Waals surface area contributed by atoms with E-state index < -0.39 is 14.9 Å². The van der Waals surface area contributed by atoms with E-state index in [1.807, 2.05) is 18.4 Å². The molecule has 1 fully saturated rings.